The maximum Gasteiger partial charge on any atom is 0.227 e. The first-order chi connectivity index (χ1) is 12.3. The molecule has 0 unspecified atom stereocenters. The number of nitrogens with one attached hydrogen (secondary N) is 1. The number of benzene rings is 2. The second-order valence-corrected chi connectivity index (χ2v) is 9.47. The number of amides is 1. The molecule has 0 aliphatic carbocycles. The number of thiazole rings is 1. The molecule has 1 aromatic heterocycles. The Labute approximate surface area is 157 Å². The number of sulfone groups is 1. The molecule has 0 fully saturated rings. The molecule has 7 heteroatoms. The average Bonchev–Trinajstić information content (AvgIpc) is 3.02. The first-order valence-corrected chi connectivity index (χ1v) is 10.8. The number of fused-ring (bicyclic) bond motifs is 1. The van der Waals surface area contributed by atoms with Crippen molar-refractivity contribution >= 4 is 42.4 Å². The van der Waals surface area contributed by atoms with E-state index in [4.69, 9.17) is 0 Å². The molecule has 1 amide bonds. The van der Waals surface area contributed by atoms with Crippen LogP contribution in [-0.4, -0.2) is 25.1 Å². The standard InChI is InChI=1S/C19H20N2O3S2/c1-13(2)14-8-9-16-17(12-14)25-19(20-16)21-18(22)10-11-26(23,24)15-6-4-3-5-7-15/h3-9,12-13H,10-11H2,1-2H3,(H,20,21,22). The van der Waals surface area contributed by atoms with E-state index in [0.717, 1.165) is 10.2 Å². The molecule has 0 spiro atoms. The molecule has 0 saturated heterocycles. The highest BCUT2D eigenvalue weighted by molar-refractivity contribution is 7.91. The van der Waals surface area contributed by atoms with Gasteiger partial charge in [-0.1, -0.05) is 49.4 Å². The van der Waals surface area contributed by atoms with Crippen molar-refractivity contribution < 1.29 is 13.2 Å². The van der Waals surface area contributed by atoms with Gasteiger partial charge in [0.1, 0.15) is 0 Å². The van der Waals surface area contributed by atoms with Crippen LogP contribution in [0.2, 0.25) is 0 Å². The van der Waals surface area contributed by atoms with Gasteiger partial charge >= 0.3 is 0 Å². The van der Waals surface area contributed by atoms with Gasteiger partial charge < -0.3 is 5.32 Å². The van der Waals surface area contributed by atoms with E-state index in [1.807, 2.05) is 12.1 Å². The van der Waals surface area contributed by atoms with Crippen LogP contribution in [0.1, 0.15) is 31.7 Å². The summed E-state index contributed by atoms with van der Waals surface area (Å²) in [5, 5.41) is 3.20. The van der Waals surface area contributed by atoms with Gasteiger partial charge in [0.25, 0.3) is 0 Å². The molecule has 0 bridgehead atoms. The van der Waals surface area contributed by atoms with Crippen LogP contribution in [0.4, 0.5) is 5.13 Å². The third kappa shape index (κ3) is 4.28. The zero-order valence-electron chi connectivity index (χ0n) is 14.6. The van der Waals surface area contributed by atoms with Crippen molar-refractivity contribution in [1.29, 1.82) is 0 Å². The van der Waals surface area contributed by atoms with Crippen LogP contribution in [0, 0.1) is 0 Å². The molecule has 136 valence electrons. The molecule has 2 aromatic carbocycles. The second-order valence-electron chi connectivity index (χ2n) is 6.33. The van der Waals surface area contributed by atoms with Crippen molar-refractivity contribution in [3.63, 3.8) is 0 Å². The summed E-state index contributed by atoms with van der Waals surface area (Å²) in [7, 11) is -3.47. The molecule has 0 radical (unpaired) electrons. The normalized spacial score (nSPS) is 11.8. The van der Waals surface area contributed by atoms with Crippen LogP contribution >= 0.6 is 11.3 Å². The van der Waals surface area contributed by atoms with Crippen LogP contribution in [0.15, 0.2) is 53.4 Å². The molecule has 0 aliphatic heterocycles. The van der Waals surface area contributed by atoms with E-state index in [0.29, 0.717) is 11.0 Å². The molecular weight excluding hydrogens is 368 g/mol. The Hall–Kier alpha value is -2.25. The summed E-state index contributed by atoms with van der Waals surface area (Å²) < 4.78 is 25.5. The summed E-state index contributed by atoms with van der Waals surface area (Å²) in [6, 6.07) is 14.2. The van der Waals surface area contributed by atoms with Gasteiger partial charge in [0.15, 0.2) is 15.0 Å². The topological polar surface area (TPSA) is 76.1 Å². The van der Waals surface area contributed by atoms with E-state index in [1.54, 1.807) is 18.2 Å². The van der Waals surface area contributed by atoms with Gasteiger partial charge in [-0.25, -0.2) is 13.4 Å². The number of anilines is 1. The lowest BCUT2D eigenvalue weighted by molar-refractivity contribution is -0.115. The van der Waals surface area contributed by atoms with Crippen molar-refractivity contribution in [1.82, 2.24) is 4.98 Å². The monoisotopic (exact) mass is 388 g/mol. The minimum absolute atomic E-state index is 0.107. The van der Waals surface area contributed by atoms with E-state index in [1.165, 1.54) is 29.0 Å². The highest BCUT2D eigenvalue weighted by Crippen LogP contribution is 2.29. The molecule has 1 N–H and O–H groups in total. The van der Waals surface area contributed by atoms with Gasteiger partial charge in [-0.15, -0.1) is 0 Å². The fourth-order valence-electron chi connectivity index (χ4n) is 2.51. The van der Waals surface area contributed by atoms with Crippen molar-refractivity contribution in [3.05, 3.63) is 54.1 Å². The molecule has 0 aliphatic rings. The molecule has 5 nitrogen and oxygen atoms in total. The van der Waals surface area contributed by atoms with Crippen LogP contribution in [0.25, 0.3) is 10.2 Å². The van der Waals surface area contributed by atoms with Gasteiger partial charge in [0.05, 0.1) is 20.9 Å². The Bertz CT molecular complexity index is 1030. The molecule has 0 saturated carbocycles. The van der Waals surface area contributed by atoms with Crippen molar-refractivity contribution in [3.8, 4) is 0 Å². The van der Waals surface area contributed by atoms with Crippen molar-refractivity contribution in [2.24, 2.45) is 0 Å². The summed E-state index contributed by atoms with van der Waals surface area (Å²) in [4.78, 5) is 16.8. The van der Waals surface area contributed by atoms with E-state index in [9.17, 15) is 13.2 Å². The fraction of sp³-hybridized carbons (Fsp3) is 0.263. The van der Waals surface area contributed by atoms with Crippen LogP contribution in [-0.2, 0) is 14.6 Å². The van der Waals surface area contributed by atoms with E-state index < -0.39 is 9.84 Å². The average molecular weight is 389 g/mol. The van der Waals surface area contributed by atoms with Crippen LogP contribution in [0.3, 0.4) is 0 Å². The zero-order valence-corrected chi connectivity index (χ0v) is 16.2. The third-order valence-electron chi connectivity index (χ3n) is 4.03. The van der Waals surface area contributed by atoms with Crippen molar-refractivity contribution in [2.75, 3.05) is 11.1 Å². The van der Waals surface area contributed by atoms with Gasteiger partial charge in [-0.2, -0.15) is 0 Å². The van der Waals surface area contributed by atoms with E-state index >= 15 is 0 Å². The lowest BCUT2D eigenvalue weighted by Crippen LogP contribution is -2.17. The quantitative estimate of drug-likeness (QED) is 0.686. The highest BCUT2D eigenvalue weighted by Gasteiger charge is 2.17. The molecule has 0 atom stereocenters. The number of carbonyl (C=O) groups excluding carboxylic acids is 1. The predicted molar refractivity (Wildman–Crippen MR) is 105 cm³/mol. The van der Waals surface area contributed by atoms with E-state index in [-0.39, 0.29) is 23.0 Å². The minimum Gasteiger partial charge on any atom is -0.302 e. The van der Waals surface area contributed by atoms with Crippen molar-refractivity contribution in [2.45, 2.75) is 31.1 Å². The fourth-order valence-corrected chi connectivity index (χ4v) is 4.70. The van der Waals surface area contributed by atoms with Crippen LogP contribution in [0.5, 0.6) is 0 Å². The van der Waals surface area contributed by atoms with Gasteiger partial charge in [-0.3, -0.25) is 4.79 Å². The molecule has 3 aromatic rings. The summed E-state index contributed by atoms with van der Waals surface area (Å²) in [6.07, 6.45) is -0.107. The third-order valence-corrected chi connectivity index (χ3v) is 6.69. The number of aromatic nitrogens is 1. The summed E-state index contributed by atoms with van der Waals surface area (Å²) in [6.45, 7) is 4.25. The lowest BCUT2D eigenvalue weighted by Gasteiger charge is -2.04. The summed E-state index contributed by atoms with van der Waals surface area (Å²) in [5.41, 5.74) is 2.04. The second kappa shape index (κ2) is 7.55. The smallest absolute Gasteiger partial charge is 0.227 e. The largest absolute Gasteiger partial charge is 0.302 e. The Kier molecular flexibility index (Phi) is 5.38. The number of hydrogen-bond acceptors (Lipinski definition) is 5. The molecular formula is C19H20N2O3S2. The predicted octanol–water partition coefficient (Wildman–Crippen LogP) is 4.22. The molecule has 3 rings (SSSR count). The maximum absolute atomic E-state index is 12.2. The number of hydrogen-bond donors (Lipinski definition) is 1. The SMILES string of the molecule is CC(C)c1ccc2nc(NC(=O)CCS(=O)(=O)c3ccccc3)sc2c1. The Balaban J connectivity index is 1.66. The number of carbonyl (C=O) groups is 1. The number of rotatable bonds is 6. The van der Waals surface area contributed by atoms with E-state index in [2.05, 4.69) is 30.2 Å². The van der Waals surface area contributed by atoms with Crippen LogP contribution < -0.4 is 5.32 Å². The summed E-state index contributed by atoms with van der Waals surface area (Å²) in [5.74, 6) is -0.166. The first kappa shape index (κ1) is 18.5. The maximum atomic E-state index is 12.2. The minimum atomic E-state index is -3.47. The van der Waals surface area contributed by atoms with Gasteiger partial charge in [-0.05, 0) is 35.7 Å². The lowest BCUT2D eigenvalue weighted by atomic mass is 10.0. The Morgan fingerprint density at radius 3 is 2.58 bits per heavy atom. The molecule has 26 heavy (non-hydrogen) atoms. The molecule has 1 heterocycles. The Morgan fingerprint density at radius 1 is 1.15 bits per heavy atom. The zero-order chi connectivity index (χ0) is 18.7. The Morgan fingerprint density at radius 2 is 1.88 bits per heavy atom. The highest BCUT2D eigenvalue weighted by atomic mass is 32.2. The first-order valence-electron chi connectivity index (χ1n) is 8.33. The number of nitrogens with zero attached hydrogens (tertiary/aromatic N) is 1. The van der Waals surface area contributed by atoms with Gasteiger partial charge in [0.2, 0.25) is 5.91 Å². The van der Waals surface area contributed by atoms with Gasteiger partial charge in [0, 0.05) is 6.42 Å². The summed E-state index contributed by atoms with van der Waals surface area (Å²) >= 11 is 1.39.